The van der Waals surface area contributed by atoms with Crippen LogP contribution in [0.3, 0.4) is 0 Å². The second kappa shape index (κ2) is 9.27. The van der Waals surface area contributed by atoms with Crippen LogP contribution in [0, 0.1) is 5.92 Å². The molecule has 1 aliphatic rings. The van der Waals surface area contributed by atoms with E-state index in [4.69, 9.17) is 0 Å². The van der Waals surface area contributed by atoms with E-state index in [0.29, 0.717) is 5.56 Å². The monoisotopic (exact) mass is 388 g/mol. The van der Waals surface area contributed by atoms with E-state index in [-0.39, 0.29) is 59.1 Å². The van der Waals surface area contributed by atoms with Crippen LogP contribution in [0.2, 0.25) is 0 Å². The first-order valence-corrected chi connectivity index (χ1v) is 9.10. The fraction of sp³-hybridized carbons (Fsp3) is 0.143. The topological polar surface area (TPSA) is 109 Å². The van der Waals surface area contributed by atoms with E-state index in [0.717, 1.165) is 12.2 Å². The maximum Gasteiger partial charge on any atom is 0.292 e. The molecular formula is C14H14Na2O6S2. The zero-order chi connectivity index (χ0) is 16.4. The Balaban J connectivity index is 0.00000264. The summed E-state index contributed by atoms with van der Waals surface area (Å²) in [7, 11) is -10.3. The first-order chi connectivity index (χ1) is 10.2. The maximum atomic E-state index is 11.7. The number of rotatable bonds is 4. The van der Waals surface area contributed by atoms with Crippen molar-refractivity contribution in [1.29, 1.82) is 0 Å². The molecule has 6 nitrogen and oxygen atoms in total. The molecule has 1 unspecified atom stereocenters. The van der Waals surface area contributed by atoms with Crippen LogP contribution in [0.5, 0.6) is 0 Å². The van der Waals surface area contributed by atoms with Gasteiger partial charge in [0.25, 0.3) is 20.2 Å². The number of hydrogen-bond acceptors (Lipinski definition) is 4. The fourth-order valence-electron chi connectivity index (χ4n) is 2.24. The summed E-state index contributed by atoms with van der Waals surface area (Å²) in [5.74, 6) is -1.28. The largest absolute Gasteiger partial charge is 0.292 e. The Morgan fingerprint density at radius 3 is 1.96 bits per heavy atom. The minimum absolute atomic E-state index is 0. The van der Waals surface area contributed by atoms with Gasteiger partial charge in [-0.15, -0.1) is 0 Å². The van der Waals surface area contributed by atoms with Gasteiger partial charge in [0.1, 0.15) is 0 Å². The predicted molar refractivity (Wildman–Crippen MR) is 94.6 cm³/mol. The Bertz CT molecular complexity index is 811. The second-order valence-electron chi connectivity index (χ2n) is 4.71. The standard InChI is InChI=1S/C14H14O6S2.2Na/c15-21(16,17)14(22(18,19)20)11-5-4-8-13(14)10-9-12-6-2-1-3-7-12;;/h1-11,13H,(H,15,16,17)(H,18,19,20);;. The Morgan fingerprint density at radius 2 is 1.46 bits per heavy atom. The van der Waals surface area contributed by atoms with Gasteiger partial charge in [0.05, 0.1) is 0 Å². The molecular weight excluding hydrogens is 374 g/mol. The molecule has 10 heteroatoms. The van der Waals surface area contributed by atoms with E-state index < -0.39 is 30.2 Å². The quantitative estimate of drug-likeness (QED) is 0.592. The molecule has 0 saturated carbocycles. The summed E-state index contributed by atoms with van der Waals surface area (Å²) >= 11 is 0. The average Bonchev–Trinajstić information content (AvgIpc) is 2.44. The minimum atomic E-state index is -5.13. The summed E-state index contributed by atoms with van der Waals surface area (Å²) in [5.41, 5.74) is 0.713. The molecule has 0 aliphatic heterocycles. The van der Waals surface area contributed by atoms with Crippen LogP contribution in [-0.4, -0.2) is 89.1 Å². The Morgan fingerprint density at radius 1 is 0.917 bits per heavy atom. The molecule has 1 aromatic rings. The second-order valence-corrected chi connectivity index (χ2v) is 8.22. The molecule has 0 fully saturated rings. The van der Waals surface area contributed by atoms with Crippen molar-refractivity contribution >= 4 is 85.4 Å². The van der Waals surface area contributed by atoms with Gasteiger partial charge in [0, 0.05) is 65.0 Å². The van der Waals surface area contributed by atoms with Crippen molar-refractivity contribution < 1.29 is 25.9 Å². The molecule has 0 bridgehead atoms. The summed E-state index contributed by atoms with van der Waals surface area (Å²) in [6, 6.07) is 8.79. The van der Waals surface area contributed by atoms with E-state index in [1.165, 1.54) is 24.3 Å². The van der Waals surface area contributed by atoms with Crippen LogP contribution in [-0.2, 0) is 20.2 Å². The Kier molecular flexibility index (Phi) is 9.37. The molecule has 0 amide bonds. The van der Waals surface area contributed by atoms with Crippen molar-refractivity contribution in [2.75, 3.05) is 0 Å². The first kappa shape index (κ1) is 24.3. The summed E-state index contributed by atoms with van der Waals surface area (Å²) < 4.78 is 62.7. The van der Waals surface area contributed by atoms with Gasteiger partial charge >= 0.3 is 0 Å². The predicted octanol–water partition coefficient (Wildman–Crippen LogP) is 1.15. The van der Waals surface area contributed by atoms with E-state index >= 15 is 0 Å². The third-order valence-corrected chi connectivity index (χ3v) is 7.02. The van der Waals surface area contributed by atoms with Crippen molar-refractivity contribution in [3.63, 3.8) is 0 Å². The van der Waals surface area contributed by atoms with Crippen LogP contribution < -0.4 is 0 Å². The van der Waals surface area contributed by atoms with Crippen LogP contribution in [0.1, 0.15) is 5.56 Å². The molecule has 0 saturated heterocycles. The number of benzene rings is 1. The molecule has 1 atom stereocenters. The molecule has 1 aliphatic carbocycles. The van der Waals surface area contributed by atoms with E-state index in [2.05, 4.69) is 0 Å². The van der Waals surface area contributed by atoms with Crippen molar-refractivity contribution in [3.8, 4) is 0 Å². The SMILES string of the molecule is O=S(=O)(O)C1(S(=O)(=O)O)C=CC=CC1C=Cc1ccccc1.[Na].[Na]. The maximum absolute atomic E-state index is 11.7. The van der Waals surface area contributed by atoms with Gasteiger partial charge in [-0.3, -0.25) is 9.11 Å². The smallest absolute Gasteiger partial charge is 0.284 e. The molecule has 0 heterocycles. The van der Waals surface area contributed by atoms with Crippen LogP contribution in [0.4, 0.5) is 0 Å². The van der Waals surface area contributed by atoms with Gasteiger partial charge < -0.3 is 0 Å². The molecule has 0 spiro atoms. The van der Waals surface area contributed by atoms with E-state index in [1.54, 1.807) is 30.3 Å². The number of allylic oxidation sites excluding steroid dienone is 4. The van der Waals surface area contributed by atoms with Gasteiger partial charge in [0.15, 0.2) is 0 Å². The van der Waals surface area contributed by atoms with Crippen LogP contribution in [0.25, 0.3) is 6.08 Å². The van der Waals surface area contributed by atoms with Gasteiger partial charge in [-0.1, -0.05) is 60.7 Å². The molecule has 2 N–H and O–H groups in total. The zero-order valence-electron chi connectivity index (χ0n) is 13.3. The van der Waals surface area contributed by atoms with E-state index in [9.17, 15) is 25.9 Å². The molecule has 24 heavy (non-hydrogen) atoms. The molecule has 2 rings (SSSR count). The average molecular weight is 388 g/mol. The van der Waals surface area contributed by atoms with Crippen LogP contribution >= 0.6 is 0 Å². The van der Waals surface area contributed by atoms with Gasteiger partial charge in [-0.25, -0.2) is 0 Å². The summed E-state index contributed by atoms with van der Waals surface area (Å²) in [6.07, 6.45) is 7.44. The van der Waals surface area contributed by atoms with E-state index in [1.807, 2.05) is 0 Å². The normalized spacial score (nSPS) is 19.5. The Hall–Kier alpha value is 0.260. The molecule has 2 radical (unpaired) electrons. The Labute approximate surface area is 185 Å². The van der Waals surface area contributed by atoms with Crippen molar-refractivity contribution in [2.45, 2.75) is 4.08 Å². The van der Waals surface area contributed by atoms with Crippen molar-refractivity contribution in [1.82, 2.24) is 0 Å². The molecule has 1 aromatic carbocycles. The minimum Gasteiger partial charge on any atom is -0.284 e. The first-order valence-electron chi connectivity index (χ1n) is 6.22. The van der Waals surface area contributed by atoms with Crippen molar-refractivity contribution in [2.24, 2.45) is 5.92 Å². The van der Waals surface area contributed by atoms with Crippen LogP contribution in [0.15, 0.2) is 60.7 Å². The number of hydrogen-bond donors (Lipinski definition) is 2. The third kappa shape index (κ3) is 4.91. The summed E-state index contributed by atoms with van der Waals surface area (Å²) in [4.78, 5) is 0. The van der Waals surface area contributed by atoms with Gasteiger partial charge in [-0.2, -0.15) is 16.8 Å². The van der Waals surface area contributed by atoms with Gasteiger partial charge in [-0.05, 0) is 11.6 Å². The van der Waals surface area contributed by atoms with Gasteiger partial charge in [0.2, 0.25) is 4.08 Å². The molecule has 0 aromatic heterocycles. The zero-order valence-corrected chi connectivity index (χ0v) is 18.9. The fourth-order valence-corrected chi connectivity index (χ4v) is 4.81. The third-order valence-electron chi connectivity index (χ3n) is 3.32. The summed E-state index contributed by atoms with van der Waals surface area (Å²) in [6.45, 7) is 0. The summed E-state index contributed by atoms with van der Waals surface area (Å²) in [5, 5.41) is 0. The molecule has 120 valence electrons. The van der Waals surface area contributed by atoms with Crippen molar-refractivity contribution in [3.05, 3.63) is 66.3 Å².